The summed E-state index contributed by atoms with van der Waals surface area (Å²) in [6.45, 7) is 5.62. The van der Waals surface area contributed by atoms with Gasteiger partial charge in [0.25, 0.3) is 0 Å². The maximum absolute atomic E-state index is 12.7. The molecule has 0 aliphatic carbocycles. The number of phosphoric ester groups is 1. The van der Waals surface area contributed by atoms with Gasteiger partial charge in [-0.05, 0) is 32.1 Å². The fourth-order valence-electron chi connectivity index (χ4n) is 7.18. The lowest BCUT2D eigenvalue weighted by molar-refractivity contribution is -0.870. The Morgan fingerprint density at radius 3 is 1.36 bits per heavy atom. The minimum atomic E-state index is -4.27. The number of carbonyl (C=O) groups is 1. The zero-order valence-electron chi connectivity index (χ0n) is 39.3. The molecule has 1 N–H and O–H groups in total. The van der Waals surface area contributed by atoms with Gasteiger partial charge in [0.2, 0.25) is 0 Å². The van der Waals surface area contributed by atoms with Gasteiger partial charge in [0.05, 0.1) is 34.4 Å². The Morgan fingerprint density at radius 1 is 0.517 bits per heavy atom. The molecule has 8 nitrogen and oxygen atoms in total. The Balaban J connectivity index is 3.98. The normalized spacial score (nSPS) is 13.7. The third-order valence-electron chi connectivity index (χ3n) is 11.1. The standard InChI is InChI=1S/C49H98NO7P/c1-6-8-10-12-14-16-18-19-20-21-22-23-24-25-26-27-28-29-30-31-33-35-37-39-41-44-54-46-48(47-56-58(52,53)55-45-43-50(3,4)5)57-49(51)42-40-38-36-34-32-17-15-13-11-9-7-2/h13,15,48H,6-12,14,16-47H2,1-5H3/p+1/b15-13-. The molecule has 0 saturated heterocycles. The van der Waals surface area contributed by atoms with Crippen LogP contribution in [0.1, 0.15) is 239 Å². The second-order valence-electron chi connectivity index (χ2n) is 18.2. The average molecular weight is 845 g/mol. The Kier molecular flexibility index (Phi) is 42.3. The molecular weight excluding hydrogens is 746 g/mol. The van der Waals surface area contributed by atoms with Crippen molar-refractivity contribution in [1.82, 2.24) is 0 Å². The van der Waals surface area contributed by atoms with E-state index in [2.05, 4.69) is 26.0 Å². The number of phosphoric acid groups is 1. The van der Waals surface area contributed by atoms with Crippen LogP contribution < -0.4 is 0 Å². The number of unbranched alkanes of at least 4 members (excludes halogenated alkanes) is 31. The first-order chi connectivity index (χ1) is 28.1. The lowest BCUT2D eigenvalue weighted by atomic mass is 10.0. The molecule has 0 amide bonds. The highest BCUT2D eigenvalue weighted by molar-refractivity contribution is 7.47. The molecule has 0 rings (SSSR count). The van der Waals surface area contributed by atoms with E-state index in [1.165, 1.54) is 173 Å². The van der Waals surface area contributed by atoms with Crippen molar-refractivity contribution >= 4 is 13.8 Å². The summed E-state index contributed by atoms with van der Waals surface area (Å²) in [5, 5.41) is 0. The second-order valence-corrected chi connectivity index (χ2v) is 19.7. The van der Waals surface area contributed by atoms with Crippen LogP contribution in [0.5, 0.6) is 0 Å². The zero-order valence-corrected chi connectivity index (χ0v) is 40.2. The van der Waals surface area contributed by atoms with E-state index in [4.69, 9.17) is 18.5 Å². The number of carbonyl (C=O) groups excluding carboxylic acids is 1. The van der Waals surface area contributed by atoms with Crippen LogP contribution in [0.15, 0.2) is 12.2 Å². The summed E-state index contributed by atoms with van der Waals surface area (Å²) >= 11 is 0. The van der Waals surface area contributed by atoms with E-state index in [0.29, 0.717) is 24.1 Å². The highest BCUT2D eigenvalue weighted by Gasteiger charge is 2.26. The van der Waals surface area contributed by atoms with Crippen LogP contribution in [0.2, 0.25) is 0 Å². The van der Waals surface area contributed by atoms with Crippen LogP contribution in [-0.2, 0) is 27.9 Å². The quantitative estimate of drug-likeness (QED) is 0.0214. The number of rotatable bonds is 47. The van der Waals surface area contributed by atoms with Gasteiger partial charge in [-0.25, -0.2) is 4.57 Å². The van der Waals surface area contributed by atoms with Gasteiger partial charge in [-0.2, -0.15) is 0 Å². The van der Waals surface area contributed by atoms with E-state index in [1.54, 1.807) is 0 Å². The monoisotopic (exact) mass is 845 g/mol. The van der Waals surface area contributed by atoms with Crippen LogP contribution in [0.25, 0.3) is 0 Å². The fraction of sp³-hybridized carbons (Fsp3) is 0.939. The topological polar surface area (TPSA) is 91.3 Å². The van der Waals surface area contributed by atoms with Gasteiger partial charge in [0, 0.05) is 13.0 Å². The van der Waals surface area contributed by atoms with Gasteiger partial charge in [0.1, 0.15) is 19.3 Å². The molecule has 0 saturated carbocycles. The van der Waals surface area contributed by atoms with E-state index >= 15 is 0 Å². The smallest absolute Gasteiger partial charge is 0.457 e. The van der Waals surface area contributed by atoms with E-state index in [-0.39, 0.29) is 25.8 Å². The van der Waals surface area contributed by atoms with Gasteiger partial charge >= 0.3 is 13.8 Å². The predicted molar refractivity (Wildman–Crippen MR) is 247 cm³/mol. The first-order valence-electron chi connectivity index (χ1n) is 24.9. The fourth-order valence-corrected chi connectivity index (χ4v) is 7.92. The molecule has 0 aliphatic heterocycles. The van der Waals surface area contributed by atoms with Crippen molar-refractivity contribution < 1.29 is 37.3 Å². The van der Waals surface area contributed by atoms with Gasteiger partial charge < -0.3 is 18.9 Å². The van der Waals surface area contributed by atoms with Gasteiger partial charge in [-0.15, -0.1) is 0 Å². The maximum atomic E-state index is 12.7. The maximum Gasteiger partial charge on any atom is 0.472 e. The van der Waals surface area contributed by atoms with Crippen molar-refractivity contribution in [2.75, 3.05) is 54.1 Å². The van der Waals surface area contributed by atoms with Gasteiger partial charge in [-0.1, -0.05) is 212 Å². The van der Waals surface area contributed by atoms with E-state index in [9.17, 15) is 14.3 Å². The van der Waals surface area contributed by atoms with Crippen molar-refractivity contribution in [2.45, 2.75) is 245 Å². The predicted octanol–water partition coefficient (Wildman–Crippen LogP) is 15.0. The molecule has 58 heavy (non-hydrogen) atoms. The minimum Gasteiger partial charge on any atom is -0.457 e. The third kappa shape index (κ3) is 46.3. The average Bonchev–Trinajstić information content (AvgIpc) is 3.18. The van der Waals surface area contributed by atoms with Crippen LogP contribution >= 0.6 is 7.82 Å². The summed E-state index contributed by atoms with van der Waals surface area (Å²) in [7, 11) is 1.67. The van der Waals surface area contributed by atoms with Crippen molar-refractivity contribution in [2.24, 2.45) is 0 Å². The first kappa shape index (κ1) is 57.2. The molecular formula is C49H99NO7P+. The van der Waals surface area contributed by atoms with Crippen molar-refractivity contribution in [3.8, 4) is 0 Å². The Bertz CT molecular complexity index is 940. The molecule has 0 aliphatic rings. The Hall–Kier alpha value is -0.760. The first-order valence-corrected chi connectivity index (χ1v) is 26.4. The summed E-state index contributed by atoms with van der Waals surface area (Å²) < 4.78 is 35.0. The number of quaternary nitrogens is 1. The second kappa shape index (κ2) is 42.9. The number of hydrogen-bond acceptors (Lipinski definition) is 6. The number of nitrogens with zero attached hydrogens (tertiary/aromatic N) is 1. The summed E-state index contributed by atoms with van der Waals surface area (Å²) in [5.41, 5.74) is 0. The third-order valence-corrected chi connectivity index (χ3v) is 12.1. The highest BCUT2D eigenvalue weighted by Crippen LogP contribution is 2.43. The molecule has 0 fully saturated rings. The Labute approximate surface area is 360 Å². The highest BCUT2D eigenvalue weighted by atomic mass is 31.2. The lowest BCUT2D eigenvalue weighted by Crippen LogP contribution is -2.37. The molecule has 2 atom stereocenters. The van der Waals surface area contributed by atoms with Crippen molar-refractivity contribution in [1.29, 1.82) is 0 Å². The van der Waals surface area contributed by atoms with Crippen LogP contribution in [0, 0.1) is 0 Å². The number of ether oxygens (including phenoxy) is 2. The SMILES string of the molecule is CCCC/C=C\CCCCCCCC(=O)OC(COCCCCCCCCCCCCCCCCCCCCCCCCCCC)COP(=O)(O)OCC[N+](C)(C)C. The lowest BCUT2D eigenvalue weighted by Gasteiger charge is -2.24. The molecule has 9 heteroatoms. The summed E-state index contributed by atoms with van der Waals surface area (Å²) in [5.74, 6) is -0.320. The molecule has 0 aromatic heterocycles. The number of likely N-dealkylation sites (N-methyl/N-ethyl adjacent to an activating group) is 1. The van der Waals surface area contributed by atoms with Crippen LogP contribution in [0.4, 0.5) is 0 Å². The number of allylic oxidation sites excluding steroid dienone is 2. The van der Waals surface area contributed by atoms with Gasteiger partial charge in [0.15, 0.2) is 0 Å². The summed E-state index contributed by atoms with van der Waals surface area (Å²) in [6.07, 6.45) is 48.4. The molecule has 346 valence electrons. The van der Waals surface area contributed by atoms with Crippen molar-refractivity contribution in [3.63, 3.8) is 0 Å². The molecule has 0 heterocycles. The van der Waals surface area contributed by atoms with E-state index in [1.807, 2.05) is 21.1 Å². The van der Waals surface area contributed by atoms with E-state index in [0.717, 1.165) is 44.9 Å². The molecule has 2 unspecified atom stereocenters. The number of esters is 1. The van der Waals surface area contributed by atoms with Crippen molar-refractivity contribution in [3.05, 3.63) is 12.2 Å². The zero-order chi connectivity index (χ0) is 42.7. The Morgan fingerprint density at radius 2 is 0.914 bits per heavy atom. The molecule has 0 aromatic carbocycles. The largest absolute Gasteiger partial charge is 0.472 e. The number of hydrogen-bond donors (Lipinski definition) is 1. The minimum absolute atomic E-state index is 0.0902. The van der Waals surface area contributed by atoms with E-state index < -0.39 is 13.9 Å². The summed E-state index contributed by atoms with van der Waals surface area (Å²) in [6, 6.07) is 0. The molecule has 0 radical (unpaired) electrons. The molecule has 0 aromatic rings. The van der Waals surface area contributed by atoms with Gasteiger partial charge in [-0.3, -0.25) is 13.8 Å². The molecule has 0 spiro atoms. The molecule has 0 bridgehead atoms. The summed E-state index contributed by atoms with van der Waals surface area (Å²) in [4.78, 5) is 22.9. The van der Waals surface area contributed by atoms with Crippen LogP contribution in [-0.4, -0.2) is 75.6 Å². The van der Waals surface area contributed by atoms with Crippen LogP contribution in [0.3, 0.4) is 0 Å².